The van der Waals surface area contributed by atoms with Crippen molar-refractivity contribution in [1.29, 1.82) is 0 Å². The van der Waals surface area contributed by atoms with Crippen LogP contribution in [-0.2, 0) is 9.59 Å². The molecule has 0 saturated heterocycles. The highest BCUT2D eigenvalue weighted by molar-refractivity contribution is 6.25. The molecule has 1 fully saturated rings. The van der Waals surface area contributed by atoms with Gasteiger partial charge in [0.05, 0.1) is 24.1 Å². The molecule has 0 N–H and O–H groups in total. The largest absolute Gasteiger partial charge is 0.493 e. The molecular formula is C21H20N2O7. The van der Waals surface area contributed by atoms with Gasteiger partial charge in [-0.3, -0.25) is 19.2 Å². The first-order valence-corrected chi connectivity index (χ1v) is 9.59. The summed E-state index contributed by atoms with van der Waals surface area (Å²) < 4.78 is 17.5. The second-order valence-electron chi connectivity index (χ2n) is 7.17. The number of hydrogen-bond acceptors (Lipinski definition) is 8. The molecular weight excluding hydrogens is 392 g/mol. The Bertz CT molecular complexity index is 1090. The van der Waals surface area contributed by atoms with Crippen LogP contribution in [0.1, 0.15) is 35.3 Å². The molecule has 9 heteroatoms. The summed E-state index contributed by atoms with van der Waals surface area (Å²) in [6.07, 6.45) is 0.734. The maximum absolute atomic E-state index is 13.1. The molecule has 1 aromatic heterocycles. The van der Waals surface area contributed by atoms with Gasteiger partial charge in [0.25, 0.3) is 5.56 Å². The second-order valence-corrected chi connectivity index (χ2v) is 7.17. The normalized spacial score (nSPS) is 16.5. The summed E-state index contributed by atoms with van der Waals surface area (Å²) in [4.78, 5) is 50.5. The van der Waals surface area contributed by atoms with Gasteiger partial charge in [0.2, 0.25) is 5.75 Å². The van der Waals surface area contributed by atoms with Crippen molar-refractivity contribution >= 4 is 17.3 Å². The Hall–Kier alpha value is -3.49. The summed E-state index contributed by atoms with van der Waals surface area (Å²) in [6.45, 7) is 2.32. The second kappa shape index (κ2) is 7.74. The maximum atomic E-state index is 13.1. The number of methoxy groups -OCH3 is 1. The Morgan fingerprint density at radius 3 is 2.50 bits per heavy atom. The number of aryl methyl sites for hydroxylation is 1. The Morgan fingerprint density at radius 1 is 1.10 bits per heavy atom. The zero-order valence-electron chi connectivity index (χ0n) is 16.6. The zero-order chi connectivity index (χ0) is 21.4. The topological polar surface area (TPSA) is 114 Å². The number of aromatic nitrogens is 2. The SMILES string of the molecule is COc1cc(-n2nc(C)cc(C(=O)C3C(=O)CCCC3=O)c2=O)cc2c1OCCO2. The molecule has 0 bridgehead atoms. The highest BCUT2D eigenvalue weighted by Gasteiger charge is 2.38. The average molecular weight is 412 g/mol. The number of fused-ring (bicyclic) bond motifs is 1. The molecule has 156 valence electrons. The molecule has 0 unspecified atom stereocenters. The zero-order valence-corrected chi connectivity index (χ0v) is 16.6. The Labute approximate surface area is 171 Å². The molecule has 9 nitrogen and oxygen atoms in total. The van der Waals surface area contributed by atoms with E-state index in [9.17, 15) is 19.2 Å². The first-order chi connectivity index (χ1) is 14.4. The van der Waals surface area contributed by atoms with Crippen molar-refractivity contribution in [3.05, 3.63) is 39.8 Å². The molecule has 4 rings (SSSR count). The van der Waals surface area contributed by atoms with Crippen molar-refractivity contribution in [2.75, 3.05) is 20.3 Å². The lowest BCUT2D eigenvalue weighted by Gasteiger charge is -2.22. The molecule has 1 saturated carbocycles. The number of nitrogens with zero attached hydrogens (tertiary/aromatic N) is 2. The van der Waals surface area contributed by atoms with Crippen LogP contribution in [0.2, 0.25) is 0 Å². The summed E-state index contributed by atoms with van der Waals surface area (Å²) in [6, 6.07) is 4.42. The van der Waals surface area contributed by atoms with Crippen LogP contribution in [0.5, 0.6) is 17.2 Å². The molecule has 1 aromatic carbocycles. The summed E-state index contributed by atoms with van der Waals surface area (Å²) in [5, 5.41) is 4.22. The molecule has 30 heavy (non-hydrogen) atoms. The van der Waals surface area contributed by atoms with Gasteiger partial charge in [0.15, 0.2) is 28.8 Å². The van der Waals surface area contributed by atoms with E-state index in [1.807, 2.05) is 0 Å². The quantitative estimate of drug-likeness (QED) is 0.548. The van der Waals surface area contributed by atoms with Crippen molar-refractivity contribution < 1.29 is 28.6 Å². The molecule has 0 spiro atoms. The highest BCUT2D eigenvalue weighted by atomic mass is 16.6. The van der Waals surface area contributed by atoms with Crippen LogP contribution in [0.25, 0.3) is 5.69 Å². The fourth-order valence-electron chi connectivity index (χ4n) is 3.70. The van der Waals surface area contributed by atoms with Gasteiger partial charge in [0, 0.05) is 25.0 Å². The number of ether oxygens (including phenoxy) is 3. The van der Waals surface area contributed by atoms with Crippen molar-refractivity contribution in [2.24, 2.45) is 5.92 Å². The minimum absolute atomic E-state index is 0.153. The van der Waals surface area contributed by atoms with E-state index in [0.717, 1.165) is 4.68 Å². The fraction of sp³-hybridized carbons (Fsp3) is 0.381. The van der Waals surface area contributed by atoms with Crippen LogP contribution < -0.4 is 19.8 Å². The molecule has 0 radical (unpaired) electrons. The lowest BCUT2D eigenvalue weighted by Crippen LogP contribution is -2.39. The van der Waals surface area contributed by atoms with E-state index >= 15 is 0 Å². The number of carbonyl (C=O) groups is 3. The lowest BCUT2D eigenvalue weighted by atomic mass is 9.82. The third-order valence-corrected chi connectivity index (χ3v) is 5.11. The summed E-state index contributed by atoms with van der Waals surface area (Å²) in [5.41, 5.74) is -0.289. The van der Waals surface area contributed by atoms with E-state index in [-0.39, 0.29) is 18.4 Å². The maximum Gasteiger partial charge on any atom is 0.282 e. The third-order valence-electron chi connectivity index (χ3n) is 5.11. The van der Waals surface area contributed by atoms with Crippen molar-refractivity contribution in [1.82, 2.24) is 9.78 Å². The van der Waals surface area contributed by atoms with Gasteiger partial charge >= 0.3 is 0 Å². The van der Waals surface area contributed by atoms with E-state index in [0.29, 0.717) is 48.3 Å². The van der Waals surface area contributed by atoms with Crippen LogP contribution in [0, 0.1) is 12.8 Å². The van der Waals surface area contributed by atoms with Gasteiger partial charge in [-0.05, 0) is 19.4 Å². The predicted molar refractivity (Wildman–Crippen MR) is 104 cm³/mol. The van der Waals surface area contributed by atoms with Gasteiger partial charge in [-0.15, -0.1) is 0 Å². The van der Waals surface area contributed by atoms with Crippen LogP contribution in [-0.4, -0.2) is 47.5 Å². The predicted octanol–water partition coefficient (Wildman–Crippen LogP) is 1.44. The minimum atomic E-state index is -1.42. The Balaban J connectivity index is 1.83. The number of benzene rings is 1. The van der Waals surface area contributed by atoms with Gasteiger partial charge in [-0.1, -0.05) is 0 Å². The van der Waals surface area contributed by atoms with Gasteiger partial charge in [-0.25, -0.2) is 0 Å². The van der Waals surface area contributed by atoms with E-state index in [1.54, 1.807) is 19.1 Å². The monoisotopic (exact) mass is 412 g/mol. The Kier molecular flexibility index (Phi) is 5.11. The van der Waals surface area contributed by atoms with E-state index < -0.39 is 28.8 Å². The summed E-state index contributed by atoms with van der Waals surface area (Å²) >= 11 is 0. The molecule has 1 aliphatic carbocycles. The van der Waals surface area contributed by atoms with Crippen LogP contribution in [0.4, 0.5) is 0 Å². The molecule has 2 aromatic rings. The lowest BCUT2D eigenvalue weighted by molar-refractivity contribution is -0.133. The highest BCUT2D eigenvalue weighted by Crippen LogP contribution is 2.41. The van der Waals surface area contributed by atoms with Crippen LogP contribution >= 0.6 is 0 Å². The smallest absolute Gasteiger partial charge is 0.282 e. The molecule has 1 aliphatic heterocycles. The van der Waals surface area contributed by atoms with E-state index in [4.69, 9.17) is 14.2 Å². The van der Waals surface area contributed by atoms with Crippen molar-refractivity contribution in [2.45, 2.75) is 26.2 Å². The van der Waals surface area contributed by atoms with Gasteiger partial charge in [0.1, 0.15) is 19.1 Å². The summed E-state index contributed by atoms with van der Waals surface area (Å²) in [5.74, 6) is -1.94. The fourth-order valence-corrected chi connectivity index (χ4v) is 3.70. The van der Waals surface area contributed by atoms with Crippen LogP contribution in [0.15, 0.2) is 23.0 Å². The first-order valence-electron chi connectivity index (χ1n) is 9.59. The molecule has 0 amide bonds. The van der Waals surface area contributed by atoms with Gasteiger partial charge in [-0.2, -0.15) is 9.78 Å². The summed E-state index contributed by atoms with van der Waals surface area (Å²) in [7, 11) is 1.46. The van der Waals surface area contributed by atoms with Crippen molar-refractivity contribution in [3.8, 4) is 22.9 Å². The molecule has 0 atom stereocenters. The molecule has 2 aliphatic rings. The first kappa shape index (κ1) is 19.8. The molecule has 2 heterocycles. The minimum Gasteiger partial charge on any atom is -0.493 e. The number of carbonyl (C=O) groups excluding carboxylic acids is 3. The van der Waals surface area contributed by atoms with Crippen molar-refractivity contribution in [3.63, 3.8) is 0 Å². The average Bonchev–Trinajstić information content (AvgIpc) is 2.74. The third kappa shape index (κ3) is 3.36. The Morgan fingerprint density at radius 2 is 1.80 bits per heavy atom. The number of hydrogen-bond donors (Lipinski definition) is 0. The number of Topliss-reactive ketones (excluding diaryl/α,β-unsaturated/α-hetero) is 3. The number of rotatable bonds is 4. The van der Waals surface area contributed by atoms with E-state index in [2.05, 4.69) is 5.10 Å². The van der Waals surface area contributed by atoms with Gasteiger partial charge < -0.3 is 14.2 Å². The van der Waals surface area contributed by atoms with E-state index in [1.165, 1.54) is 13.2 Å². The number of ketones is 3. The van der Waals surface area contributed by atoms with Crippen LogP contribution in [0.3, 0.4) is 0 Å². The standard InChI is InChI=1S/C21H20N2O7/c1-11-8-13(19(26)18-14(24)4-3-5-15(18)25)21(27)23(22-11)12-9-16(28-2)20-17(10-12)29-6-7-30-20/h8-10,18H,3-7H2,1-2H3.